The summed E-state index contributed by atoms with van der Waals surface area (Å²) in [4.78, 5) is 3.92. The molecule has 0 spiro atoms. The molecule has 0 fully saturated rings. The topological polar surface area (TPSA) is 54.5 Å². The van der Waals surface area contributed by atoms with Crippen LogP contribution < -0.4 is 0 Å². The quantitative estimate of drug-likeness (QED) is 0.647. The molecule has 0 aliphatic heterocycles. The lowest BCUT2D eigenvalue weighted by molar-refractivity contribution is -0.137. The first-order valence-corrected chi connectivity index (χ1v) is 8.38. The Balaban J connectivity index is 1.84. The van der Waals surface area contributed by atoms with E-state index in [9.17, 15) is 18.4 Å². The largest absolute Gasteiger partial charge is 0.416 e. The van der Waals surface area contributed by atoms with Crippen molar-refractivity contribution in [3.63, 3.8) is 0 Å². The number of rotatable bonds is 6. The molecule has 1 unspecified atom stereocenters. The van der Waals surface area contributed by atoms with E-state index < -0.39 is 17.2 Å². The highest BCUT2D eigenvalue weighted by molar-refractivity contribution is 5.33. The molecule has 7 heteroatoms. The zero-order valence-electron chi connectivity index (χ0n) is 14.4. The summed E-state index contributed by atoms with van der Waals surface area (Å²) >= 11 is 0. The summed E-state index contributed by atoms with van der Waals surface area (Å²) in [5.74, 6) is 0. The number of hydrogen-bond acceptors (Lipinski definition) is 3. The normalized spacial score (nSPS) is 13.7. The second kappa shape index (κ2) is 7.62. The van der Waals surface area contributed by atoms with Crippen molar-refractivity contribution in [1.82, 2.24) is 14.8 Å². The van der Waals surface area contributed by atoms with Crippen molar-refractivity contribution in [2.75, 3.05) is 0 Å². The van der Waals surface area contributed by atoms with Gasteiger partial charge < -0.3 is 0 Å². The number of alkyl halides is 3. The Morgan fingerprint density at radius 2 is 1.67 bits per heavy atom. The van der Waals surface area contributed by atoms with Crippen LogP contribution in [0.2, 0.25) is 0 Å². The van der Waals surface area contributed by atoms with Gasteiger partial charge in [0, 0.05) is 0 Å². The van der Waals surface area contributed by atoms with Crippen LogP contribution in [0.5, 0.6) is 0 Å². The second-order valence-corrected chi connectivity index (χ2v) is 6.35. The molecule has 0 bridgehead atoms. The van der Waals surface area contributed by atoms with Crippen molar-refractivity contribution >= 4 is 0 Å². The molecule has 0 saturated carbocycles. The molecule has 138 valence electrons. The Morgan fingerprint density at radius 3 is 2.22 bits per heavy atom. The summed E-state index contributed by atoms with van der Waals surface area (Å²) in [6.07, 6.45) is -0.490. The van der Waals surface area contributed by atoms with E-state index in [1.165, 1.54) is 18.5 Å². The van der Waals surface area contributed by atoms with Crippen LogP contribution in [0.25, 0.3) is 0 Å². The fourth-order valence-corrected chi connectivity index (χ4v) is 3.04. The van der Waals surface area contributed by atoms with E-state index >= 15 is 0 Å². The van der Waals surface area contributed by atoms with Crippen LogP contribution in [0.1, 0.15) is 23.1 Å². The monoisotopic (exact) mass is 370 g/mol. The molecule has 0 saturated heterocycles. The average Bonchev–Trinajstić information content (AvgIpc) is 3.18. The standard InChI is InChI=1S/C20H17F3N4/c21-20(22,23)18-8-6-16(7-9-18)10-11-19(12-24,13-27-15-25-14-26-27)17-4-2-1-3-5-17/h1-9,14-15H,10-11,13H2. The lowest BCUT2D eigenvalue weighted by atomic mass is 9.77. The van der Waals surface area contributed by atoms with Gasteiger partial charge >= 0.3 is 6.18 Å². The van der Waals surface area contributed by atoms with Gasteiger partial charge in [-0.3, -0.25) is 4.68 Å². The first-order chi connectivity index (χ1) is 12.9. The Bertz CT molecular complexity index is 897. The maximum absolute atomic E-state index is 12.7. The highest BCUT2D eigenvalue weighted by Gasteiger charge is 2.33. The van der Waals surface area contributed by atoms with Crippen molar-refractivity contribution in [2.45, 2.75) is 31.0 Å². The SMILES string of the molecule is N#CC(CCc1ccc(C(F)(F)F)cc1)(Cn1cncn1)c1ccccc1. The van der Waals surface area contributed by atoms with Gasteiger partial charge in [-0.15, -0.1) is 0 Å². The fraction of sp³-hybridized carbons (Fsp3) is 0.250. The Labute approximate surface area is 154 Å². The van der Waals surface area contributed by atoms with Crippen LogP contribution in [0.3, 0.4) is 0 Å². The second-order valence-electron chi connectivity index (χ2n) is 6.35. The van der Waals surface area contributed by atoms with Crippen molar-refractivity contribution in [3.05, 3.63) is 83.9 Å². The molecule has 0 aliphatic carbocycles. The third-order valence-corrected chi connectivity index (χ3v) is 4.56. The number of benzene rings is 2. The van der Waals surface area contributed by atoms with Gasteiger partial charge in [0.15, 0.2) is 0 Å². The molecule has 27 heavy (non-hydrogen) atoms. The molecule has 4 nitrogen and oxygen atoms in total. The van der Waals surface area contributed by atoms with Crippen molar-refractivity contribution < 1.29 is 13.2 Å². The molecule has 0 N–H and O–H groups in total. The fourth-order valence-electron chi connectivity index (χ4n) is 3.04. The first kappa shape index (κ1) is 18.6. The lowest BCUT2D eigenvalue weighted by Gasteiger charge is -2.27. The maximum Gasteiger partial charge on any atom is 0.416 e. The van der Waals surface area contributed by atoms with Crippen molar-refractivity contribution in [1.29, 1.82) is 5.26 Å². The van der Waals surface area contributed by atoms with Crippen molar-refractivity contribution in [3.8, 4) is 6.07 Å². The Hall–Kier alpha value is -3.14. The molecule has 1 aromatic heterocycles. The molecule has 0 aliphatic rings. The van der Waals surface area contributed by atoms with Gasteiger partial charge in [-0.05, 0) is 36.1 Å². The van der Waals surface area contributed by atoms with Crippen LogP contribution in [-0.4, -0.2) is 14.8 Å². The van der Waals surface area contributed by atoms with E-state index in [-0.39, 0.29) is 0 Å². The molecule has 1 heterocycles. The summed E-state index contributed by atoms with van der Waals surface area (Å²) in [6, 6.07) is 16.8. The molecule has 0 radical (unpaired) electrons. The zero-order valence-corrected chi connectivity index (χ0v) is 14.4. The highest BCUT2D eigenvalue weighted by Crippen LogP contribution is 2.32. The summed E-state index contributed by atoms with van der Waals surface area (Å²) in [5, 5.41) is 14.1. The predicted octanol–water partition coefficient (Wildman–Crippen LogP) is 4.39. The highest BCUT2D eigenvalue weighted by atomic mass is 19.4. The third kappa shape index (κ3) is 4.34. The van der Waals surface area contributed by atoms with Gasteiger partial charge in [-0.25, -0.2) is 4.98 Å². The number of nitrogens with zero attached hydrogens (tertiary/aromatic N) is 4. The number of halogens is 3. The average molecular weight is 370 g/mol. The Kier molecular flexibility index (Phi) is 5.26. The van der Waals surface area contributed by atoms with Gasteiger partial charge in [0.05, 0.1) is 18.2 Å². The molecular formula is C20H17F3N4. The van der Waals surface area contributed by atoms with E-state index in [1.54, 1.807) is 11.0 Å². The minimum Gasteiger partial charge on any atom is -0.251 e. The summed E-state index contributed by atoms with van der Waals surface area (Å²) < 4.78 is 39.8. The minimum absolute atomic E-state index is 0.314. The van der Waals surface area contributed by atoms with Gasteiger partial charge in [-0.2, -0.15) is 23.5 Å². The van der Waals surface area contributed by atoms with Crippen LogP contribution in [0.15, 0.2) is 67.3 Å². The third-order valence-electron chi connectivity index (χ3n) is 4.56. The van der Waals surface area contributed by atoms with E-state index in [1.807, 2.05) is 30.3 Å². The predicted molar refractivity (Wildman–Crippen MR) is 93.5 cm³/mol. The van der Waals surface area contributed by atoms with Gasteiger partial charge in [0.1, 0.15) is 18.1 Å². The van der Waals surface area contributed by atoms with Gasteiger partial charge in [-0.1, -0.05) is 42.5 Å². The number of hydrogen-bond donors (Lipinski definition) is 0. The molecule has 2 aromatic carbocycles. The zero-order chi connectivity index (χ0) is 19.3. The van der Waals surface area contributed by atoms with Crippen LogP contribution in [-0.2, 0) is 24.6 Å². The summed E-state index contributed by atoms with van der Waals surface area (Å²) in [5.41, 5.74) is 0.0491. The van der Waals surface area contributed by atoms with Crippen molar-refractivity contribution in [2.24, 2.45) is 0 Å². The van der Waals surface area contributed by atoms with Crippen LogP contribution >= 0.6 is 0 Å². The number of aryl methyl sites for hydroxylation is 1. The molecule has 0 amide bonds. The molecule has 1 atom stereocenters. The maximum atomic E-state index is 12.7. The molecular weight excluding hydrogens is 353 g/mol. The smallest absolute Gasteiger partial charge is 0.251 e. The van der Waals surface area contributed by atoms with E-state index in [4.69, 9.17) is 0 Å². The minimum atomic E-state index is -4.36. The summed E-state index contributed by atoms with van der Waals surface area (Å²) in [6.45, 7) is 0.314. The Morgan fingerprint density at radius 1 is 0.963 bits per heavy atom. The number of nitriles is 1. The van der Waals surface area contributed by atoms with E-state index in [0.717, 1.165) is 23.3 Å². The lowest BCUT2D eigenvalue weighted by Crippen LogP contribution is -2.31. The van der Waals surface area contributed by atoms with E-state index in [0.29, 0.717) is 19.4 Å². The number of aromatic nitrogens is 3. The summed E-state index contributed by atoms with van der Waals surface area (Å²) in [7, 11) is 0. The molecule has 3 aromatic rings. The van der Waals surface area contributed by atoms with Crippen LogP contribution in [0, 0.1) is 11.3 Å². The first-order valence-electron chi connectivity index (χ1n) is 8.38. The van der Waals surface area contributed by atoms with Crippen LogP contribution in [0.4, 0.5) is 13.2 Å². The van der Waals surface area contributed by atoms with E-state index in [2.05, 4.69) is 16.2 Å². The van der Waals surface area contributed by atoms with Gasteiger partial charge in [0.2, 0.25) is 0 Å². The molecule has 3 rings (SSSR count). The van der Waals surface area contributed by atoms with Gasteiger partial charge in [0.25, 0.3) is 0 Å².